The van der Waals surface area contributed by atoms with E-state index in [1.165, 1.54) is 24.8 Å². The SMILES string of the molecule is O=C(CCCNC(=S)NCCc1ccc(O)cc1)NC/C=C\COc1cc(CN2CCCCC2)ccn1. The molecule has 8 nitrogen and oxygen atoms in total. The second kappa shape index (κ2) is 16.6. The van der Waals surface area contributed by atoms with Gasteiger partial charge in [-0.25, -0.2) is 4.98 Å². The molecule has 0 atom stereocenters. The van der Waals surface area contributed by atoms with Gasteiger partial charge in [-0.3, -0.25) is 9.69 Å². The van der Waals surface area contributed by atoms with Gasteiger partial charge in [-0.05, 0) is 86.4 Å². The molecule has 0 spiro atoms. The van der Waals surface area contributed by atoms with Crippen molar-refractivity contribution in [2.24, 2.45) is 0 Å². The summed E-state index contributed by atoms with van der Waals surface area (Å²) in [6.07, 6.45) is 11.4. The monoisotopic (exact) mass is 525 g/mol. The Labute approximate surface area is 225 Å². The second-order valence-corrected chi connectivity index (χ2v) is 9.54. The standard InChI is InChI=1S/C28H39N5O3S/c34-25-10-8-23(9-11-25)12-17-32-28(37)31-15-6-7-26(35)29-14-2-5-20-36-27-21-24(13-16-30-27)22-33-18-3-1-4-19-33/h2,5,8-11,13,16,21,34H,1,3-4,6-7,12,14-15,17-20,22H2,(H,29,35)(H2,31,32,37)/b5-2-. The lowest BCUT2D eigenvalue weighted by Crippen LogP contribution is -2.37. The molecular weight excluding hydrogens is 486 g/mol. The van der Waals surface area contributed by atoms with Crippen molar-refractivity contribution in [1.29, 1.82) is 0 Å². The van der Waals surface area contributed by atoms with E-state index in [2.05, 4.69) is 25.8 Å². The van der Waals surface area contributed by atoms with Crippen LogP contribution in [0.25, 0.3) is 0 Å². The van der Waals surface area contributed by atoms with Crippen LogP contribution in [0.4, 0.5) is 0 Å². The number of thiocarbonyl (C=S) groups is 1. The molecule has 1 aliphatic heterocycles. The quantitative estimate of drug-likeness (QED) is 0.169. The Morgan fingerprint density at radius 2 is 1.81 bits per heavy atom. The highest BCUT2D eigenvalue weighted by atomic mass is 32.1. The first-order valence-corrected chi connectivity index (χ1v) is 13.5. The Hall–Kier alpha value is -3.17. The molecule has 0 saturated carbocycles. The lowest BCUT2D eigenvalue weighted by atomic mass is 10.1. The molecule has 0 radical (unpaired) electrons. The molecule has 1 aliphatic rings. The molecule has 1 fully saturated rings. The smallest absolute Gasteiger partial charge is 0.220 e. The highest BCUT2D eigenvalue weighted by Crippen LogP contribution is 2.15. The summed E-state index contributed by atoms with van der Waals surface area (Å²) < 4.78 is 5.74. The fraction of sp³-hybridized carbons (Fsp3) is 0.464. The molecule has 3 rings (SSSR count). The van der Waals surface area contributed by atoms with Crippen molar-refractivity contribution in [2.45, 2.75) is 45.1 Å². The number of phenols is 1. The van der Waals surface area contributed by atoms with Crippen LogP contribution in [0.5, 0.6) is 11.6 Å². The number of hydrogen-bond acceptors (Lipinski definition) is 6. The van der Waals surface area contributed by atoms with Gasteiger partial charge in [-0.2, -0.15) is 0 Å². The van der Waals surface area contributed by atoms with Gasteiger partial charge in [0.15, 0.2) is 5.11 Å². The number of likely N-dealkylation sites (tertiary alicyclic amines) is 1. The van der Waals surface area contributed by atoms with Crippen LogP contribution in [-0.4, -0.2) is 65.3 Å². The fourth-order valence-corrected chi connectivity index (χ4v) is 4.25. The molecule has 0 unspecified atom stereocenters. The number of aromatic nitrogens is 1. The van der Waals surface area contributed by atoms with Crippen molar-refractivity contribution < 1.29 is 14.6 Å². The molecule has 0 bridgehead atoms. The number of benzene rings is 1. The van der Waals surface area contributed by atoms with Crippen LogP contribution in [-0.2, 0) is 17.8 Å². The second-order valence-electron chi connectivity index (χ2n) is 9.13. The maximum atomic E-state index is 12.0. The number of hydrogen-bond donors (Lipinski definition) is 4. The number of carbonyl (C=O) groups is 1. The number of nitrogens with one attached hydrogen (secondary N) is 3. The zero-order valence-corrected chi connectivity index (χ0v) is 22.3. The molecular formula is C28H39N5O3S. The minimum absolute atomic E-state index is 0.00524. The minimum Gasteiger partial charge on any atom is -0.508 e. The molecule has 2 heterocycles. The van der Waals surface area contributed by atoms with Gasteiger partial charge < -0.3 is 25.8 Å². The molecule has 1 amide bonds. The van der Waals surface area contributed by atoms with Gasteiger partial charge in [-0.15, -0.1) is 0 Å². The third-order valence-corrected chi connectivity index (χ3v) is 6.36. The van der Waals surface area contributed by atoms with Gasteiger partial charge in [0.2, 0.25) is 11.8 Å². The summed E-state index contributed by atoms with van der Waals surface area (Å²) in [6.45, 7) is 5.49. The van der Waals surface area contributed by atoms with E-state index in [4.69, 9.17) is 17.0 Å². The molecule has 1 aromatic carbocycles. The predicted octanol–water partition coefficient (Wildman–Crippen LogP) is 3.31. The summed E-state index contributed by atoms with van der Waals surface area (Å²) in [4.78, 5) is 18.8. The topological polar surface area (TPSA) is 98.8 Å². The lowest BCUT2D eigenvalue weighted by Gasteiger charge is -2.26. The van der Waals surface area contributed by atoms with E-state index in [0.717, 1.165) is 31.6 Å². The zero-order chi connectivity index (χ0) is 26.1. The number of pyridine rings is 1. The molecule has 1 saturated heterocycles. The van der Waals surface area contributed by atoms with Crippen molar-refractivity contribution >= 4 is 23.2 Å². The summed E-state index contributed by atoms with van der Waals surface area (Å²) in [6, 6.07) is 11.2. The number of amides is 1. The highest BCUT2D eigenvalue weighted by molar-refractivity contribution is 7.80. The van der Waals surface area contributed by atoms with Crippen molar-refractivity contribution in [3.8, 4) is 11.6 Å². The lowest BCUT2D eigenvalue weighted by molar-refractivity contribution is -0.120. The summed E-state index contributed by atoms with van der Waals surface area (Å²) in [5.41, 5.74) is 2.35. The Kier molecular flexibility index (Phi) is 12.7. The maximum Gasteiger partial charge on any atom is 0.220 e. The van der Waals surface area contributed by atoms with Crippen molar-refractivity contribution in [3.63, 3.8) is 0 Å². The molecule has 9 heteroatoms. The first-order chi connectivity index (χ1) is 18.1. The van der Waals surface area contributed by atoms with Crippen LogP contribution in [0.15, 0.2) is 54.7 Å². The van der Waals surface area contributed by atoms with Crippen molar-refractivity contribution in [3.05, 3.63) is 65.9 Å². The summed E-state index contributed by atoms with van der Waals surface area (Å²) in [7, 11) is 0. The first kappa shape index (κ1) is 28.4. The van der Waals surface area contributed by atoms with Crippen LogP contribution in [0.3, 0.4) is 0 Å². The number of rotatable bonds is 14. The Balaban J connectivity index is 1.18. The number of carbonyl (C=O) groups excluding carboxylic acids is 1. The van der Waals surface area contributed by atoms with E-state index in [1.54, 1.807) is 18.3 Å². The fourth-order valence-electron chi connectivity index (χ4n) is 4.05. The normalized spacial score (nSPS) is 13.8. The Morgan fingerprint density at radius 3 is 2.62 bits per heavy atom. The summed E-state index contributed by atoms with van der Waals surface area (Å²) in [5, 5.41) is 19.0. The Bertz CT molecular complexity index is 994. The van der Waals surface area contributed by atoms with Gasteiger partial charge >= 0.3 is 0 Å². The third kappa shape index (κ3) is 12.1. The molecule has 37 heavy (non-hydrogen) atoms. The number of phenolic OH excluding ortho intramolecular Hbond substituents is 1. The maximum absolute atomic E-state index is 12.0. The minimum atomic E-state index is 0.00524. The average Bonchev–Trinajstić information content (AvgIpc) is 2.90. The third-order valence-electron chi connectivity index (χ3n) is 6.07. The summed E-state index contributed by atoms with van der Waals surface area (Å²) >= 11 is 5.27. The molecule has 2 aromatic rings. The van der Waals surface area contributed by atoms with E-state index in [1.807, 2.05) is 36.4 Å². The molecule has 0 aliphatic carbocycles. The van der Waals surface area contributed by atoms with E-state index in [0.29, 0.717) is 50.1 Å². The molecule has 200 valence electrons. The number of aromatic hydroxyl groups is 1. The van der Waals surface area contributed by atoms with Crippen LogP contribution < -0.4 is 20.7 Å². The van der Waals surface area contributed by atoms with Crippen LogP contribution >= 0.6 is 12.2 Å². The predicted molar refractivity (Wildman–Crippen MR) is 151 cm³/mol. The van der Waals surface area contributed by atoms with Crippen molar-refractivity contribution in [2.75, 3.05) is 39.3 Å². The van der Waals surface area contributed by atoms with Crippen LogP contribution in [0.1, 0.15) is 43.2 Å². The van der Waals surface area contributed by atoms with Crippen LogP contribution in [0, 0.1) is 0 Å². The number of nitrogens with zero attached hydrogens (tertiary/aromatic N) is 2. The summed E-state index contributed by atoms with van der Waals surface area (Å²) in [5.74, 6) is 0.898. The van der Waals surface area contributed by atoms with Gasteiger partial charge in [0.1, 0.15) is 12.4 Å². The average molecular weight is 526 g/mol. The van der Waals surface area contributed by atoms with Gasteiger partial charge in [0.25, 0.3) is 0 Å². The number of piperidine rings is 1. The molecule has 1 aromatic heterocycles. The van der Waals surface area contributed by atoms with E-state index in [9.17, 15) is 9.90 Å². The number of ether oxygens (including phenoxy) is 1. The highest BCUT2D eigenvalue weighted by Gasteiger charge is 2.10. The van der Waals surface area contributed by atoms with Gasteiger partial charge in [0.05, 0.1) is 0 Å². The van der Waals surface area contributed by atoms with E-state index in [-0.39, 0.29) is 11.7 Å². The first-order valence-electron chi connectivity index (χ1n) is 13.1. The largest absolute Gasteiger partial charge is 0.508 e. The van der Waals surface area contributed by atoms with E-state index < -0.39 is 0 Å². The van der Waals surface area contributed by atoms with E-state index >= 15 is 0 Å². The Morgan fingerprint density at radius 1 is 1.03 bits per heavy atom. The van der Waals surface area contributed by atoms with Crippen LogP contribution in [0.2, 0.25) is 0 Å². The van der Waals surface area contributed by atoms with Gasteiger partial charge in [0, 0.05) is 44.9 Å². The molecule has 4 N–H and O–H groups in total. The van der Waals surface area contributed by atoms with Gasteiger partial charge in [-0.1, -0.05) is 24.6 Å². The zero-order valence-electron chi connectivity index (χ0n) is 21.5. The van der Waals surface area contributed by atoms with Crippen molar-refractivity contribution in [1.82, 2.24) is 25.8 Å².